The summed E-state index contributed by atoms with van der Waals surface area (Å²) in [6, 6.07) is 8.03. The summed E-state index contributed by atoms with van der Waals surface area (Å²) >= 11 is 2.63. The van der Waals surface area contributed by atoms with Crippen molar-refractivity contribution in [3.8, 4) is 11.3 Å². The van der Waals surface area contributed by atoms with E-state index in [1.807, 2.05) is 24.3 Å². The highest BCUT2D eigenvalue weighted by Crippen LogP contribution is 2.31. The largest absolute Gasteiger partial charge is 0.442 e. The van der Waals surface area contributed by atoms with Crippen LogP contribution < -0.4 is 5.73 Å². The van der Waals surface area contributed by atoms with Crippen molar-refractivity contribution in [3.05, 3.63) is 36.2 Å². The van der Waals surface area contributed by atoms with E-state index in [0.29, 0.717) is 15.8 Å². The van der Waals surface area contributed by atoms with Crippen molar-refractivity contribution in [1.29, 1.82) is 10.8 Å². The standard InChI is InChI=1S/C14H16N4OS2/c1-9(15)21-13-12(19-8-18-13)11-4-2-10(3-5-11)6-7-20-14(16)17/h2-5,8,15H,6-7H2,1H3,(H3,16,17). The summed E-state index contributed by atoms with van der Waals surface area (Å²) in [4.78, 5) is 4.14. The van der Waals surface area contributed by atoms with Gasteiger partial charge in [0.1, 0.15) is 5.03 Å². The minimum absolute atomic E-state index is 0.150. The van der Waals surface area contributed by atoms with Crippen LogP contribution in [0.2, 0.25) is 0 Å². The van der Waals surface area contributed by atoms with Crippen LogP contribution in [0.3, 0.4) is 0 Å². The number of rotatable bonds is 5. The molecule has 0 spiro atoms. The van der Waals surface area contributed by atoms with E-state index in [1.54, 1.807) is 6.92 Å². The van der Waals surface area contributed by atoms with Crippen molar-refractivity contribution in [2.75, 3.05) is 5.75 Å². The van der Waals surface area contributed by atoms with Crippen molar-refractivity contribution in [2.24, 2.45) is 5.73 Å². The molecule has 0 aliphatic rings. The fraction of sp³-hybridized carbons (Fsp3) is 0.214. The number of aryl methyl sites for hydroxylation is 1. The first kappa shape index (κ1) is 15.7. The van der Waals surface area contributed by atoms with E-state index in [4.69, 9.17) is 21.0 Å². The number of hydrogen-bond acceptors (Lipinski definition) is 6. The molecule has 5 nitrogen and oxygen atoms in total. The van der Waals surface area contributed by atoms with E-state index in [9.17, 15) is 0 Å². The van der Waals surface area contributed by atoms with Crippen molar-refractivity contribution in [3.63, 3.8) is 0 Å². The number of hydrogen-bond donors (Lipinski definition) is 3. The van der Waals surface area contributed by atoms with E-state index < -0.39 is 0 Å². The summed E-state index contributed by atoms with van der Waals surface area (Å²) in [5.41, 5.74) is 7.44. The van der Waals surface area contributed by atoms with Gasteiger partial charge in [-0.2, -0.15) is 0 Å². The Kier molecular flexibility index (Phi) is 5.46. The van der Waals surface area contributed by atoms with E-state index in [2.05, 4.69) is 4.98 Å². The van der Waals surface area contributed by atoms with Crippen molar-refractivity contribution in [2.45, 2.75) is 18.4 Å². The number of nitrogens with one attached hydrogen (secondary N) is 2. The normalized spacial score (nSPS) is 10.5. The second kappa shape index (κ2) is 7.33. The van der Waals surface area contributed by atoms with Gasteiger partial charge in [-0.05, 0) is 18.9 Å². The van der Waals surface area contributed by atoms with Gasteiger partial charge in [0, 0.05) is 11.3 Å². The van der Waals surface area contributed by atoms with Crippen LogP contribution in [0, 0.1) is 10.8 Å². The van der Waals surface area contributed by atoms with Gasteiger partial charge in [-0.25, -0.2) is 4.98 Å². The highest BCUT2D eigenvalue weighted by molar-refractivity contribution is 8.14. The highest BCUT2D eigenvalue weighted by Gasteiger charge is 2.12. The summed E-state index contributed by atoms with van der Waals surface area (Å²) in [6.07, 6.45) is 2.26. The molecule has 1 heterocycles. The zero-order valence-corrected chi connectivity index (χ0v) is 13.2. The van der Waals surface area contributed by atoms with E-state index in [0.717, 1.165) is 17.7 Å². The highest BCUT2D eigenvalue weighted by atomic mass is 32.2. The molecule has 0 fully saturated rings. The molecule has 0 amide bonds. The van der Waals surface area contributed by atoms with Gasteiger partial charge in [-0.15, -0.1) is 0 Å². The second-order valence-electron chi connectivity index (χ2n) is 4.30. The fourth-order valence-electron chi connectivity index (χ4n) is 1.75. The topological polar surface area (TPSA) is 99.8 Å². The quantitative estimate of drug-likeness (QED) is 0.444. The van der Waals surface area contributed by atoms with Crippen LogP contribution in [-0.2, 0) is 6.42 Å². The minimum atomic E-state index is 0.150. The SMILES string of the molecule is CC(=N)Sc1ncoc1-c1ccc(CCSC(=N)N)cc1. The molecule has 2 rings (SSSR count). The maximum atomic E-state index is 7.53. The molecule has 0 aliphatic heterocycles. The summed E-state index contributed by atoms with van der Waals surface area (Å²) in [6.45, 7) is 1.72. The Morgan fingerprint density at radius 3 is 2.62 bits per heavy atom. The van der Waals surface area contributed by atoms with Gasteiger partial charge in [-0.3, -0.25) is 10.8 Å². The number of aromatic nitrogens is 1. The zero-order valence-electron chi connectivity index (χ0n) is 11.6. The molecule has 0 saturated carbocycles. The monoisotopic (exact) mass is 320 g/mol. The maximum Gasteiger partial charge on any atom is 0.182 e. The zero-order chi connectivity index (χ0) is 15.2. The average molecular weight is 320 g/mol. The van der Waals surface area contributed by atoms with Crippen LogP contribution >= 0.6 is 23.5 Å². The van der Waals surface area contributed by atoms with Gasteiger partial charge >= 0.3 is 0 Å². The Morgan fingerprint density at radius 2 is 2.00 bits per heavy atom. The van der Waals surface area contributed by atoms with Gasteiger partial charge in [-0.1, -0.05) is 47.8 Å². The predicted molar refractivity (Wildman–Crippen MR) is 89.3 cm³/mol. The molecule has 1 aromatic carbocycles. The summed E-state index contributed by atoms with van der Waals surface area (Å²) in [7, 11) is 0. The Balaban J connectivity index is 2.07. The predicted octanol–water partition coefficient (Wildman–Crippen LogP) is 3.60. The molecule has 2 aromatic rings. The van der Waals surface area contributed by atoms with Crippen LogP contribution in [-0.4, -0.2) is 20.9 Å². The first-order valence-corrected chi connectivity index (χ1v) is 8.09. The van der Waals surface area contributed by atoms with Crippen LogP contribution in [0.5, 0.6) is 0 Å². The molecule has 0 unspecified atom stereocenters. The van der Waals surface area contributed by atoms with Crippen LogP contribution in [0.4, 0.5) is 0 Å². The number of amidine groups is 1. The van der Waals surface area contributed by atoms with Crippen molar-refractivity contribution < 1.29 is 4.42 Å². The Hall–Kier alpha value is -1.73. The summed E-state index contributed by atoms with van der Waals surface area (Å²) in [5.74, 6) is 1.49. The summed E-state index contributed by atoms with van der Waals surface area (Å²) < 4.78 is 5.43. The van der Waals surface area contributed by atoms with Gasteiger partial charge < -0.3 is 10.2 Å². The molecule has 4 N–H and O–H groups in total. The molecule has 0 aliphatic carbocycles. The molecule has 0 saturated heterocycles. The summed E-state index contributed by atoms with van der Waals surface area (Å²) in [5, 5.41) is 16.0. The van der Waals surface area contributed by atoms with Gasteiger partial charge in [0.2, 0.25) is 0 Å². The maximum absolute atomic E-state index is 7.53. The third kappa shape index (κ3) is 4.64. The molecule has 0 radical (unpaired) electrons. The Morgan fingerprint density at radius 1 is 1.29 bits per heavy atom. The van der Waals surface area contributed by atoms with Crippen LogP contribution in [0.25, 0.3) is 11.3 Å². The molecule has 0 bridgehead atoms. The second-order valence-corrected chi connectivity index (χ2v) is 6.64. The van der Waals surface area contributed by atoms with Gasteiger partial charge in [0.25, 0.3) is 0 Å². The van der Waals surface area contributed by atoms with Crippen molar-refractivity contribution in [1.82, 2.24) is 4.98 Å². The molecule has 0 atom stereocenters. The number of nitrogens with two attached hydrogens (primary N) is 1. The molecule has 7 heteroatoms. The molecule has 21 heavy (non-hydrogen) atoms. The first-order valence-electron chi connectivity index (χ1n) is 6.29. The Bertz CT molecular complexity index is 637. The lowest BCUT2D eigenvalue weighted by Crippen LogP contribution is -2.05. The van der Waals surface area contributed by atoms with E-state index in [-0.39, 0.29) is 5.17 Å². The number of thioether (sulfide) groups is 2. The van der Waals surface area contributed by atoms with Crippen LogP contribution in [0.15, 0.2) is 40.1 Å². The molecule has 110 valence electrons. The number of oxazole rings is 1. The third-order valence-electron chi connectivity index (χ3n) is 2.65. The molecular formula is C14H16N4OS2. The van der Waals surface area contributed by atoms with Crippen LogP contribution in [0.1, 0.15) is 12.5 Å². The lowest BCUT2D eigenvalue weighted by molar-refractivity contribution is 0.570. The number of benzene rings is 1. The van der Waals surface area contributed by atoms with E-state index >= 15 is 0 Å². The molecular weight excluding hydrogens is 304 g/mol. The fourth-order valence-corrected chi connectivity index (χ4v) is 2.95. The average Bonchev–Trinajstić information content (AvgIpc) is 2.86. The van der Waals surface area contributed by atoms with E-state index in [1.165, 1.54) is 35.5 Å². The smallest absolute Gasteiger partial charge is 0.182 e. The lowest BCUT2D eigenvalue weighted by Gasteiger charge is -2.03. The van der Waals surface area contributed by atoms with Gasteiger partial charge in [0.15, 0.2) is 17.3 Å². The molecule has 1 aromatic heterocycles. The Labute approximate surface area is 131 Å². The lowest BCUT2D eigenvalue weighted by atomic mass is 10.1. The third-order valence-corrected chi connectivity index (χ3v) is 4.16. The first-order chi connectivity index (χ1) is 10.1. The minimum Gasteiger partial charge on any atom is -0.442 e. The van der Waals surface area contributed by atoms with Gasteiger partial charge in [0.05, 0.1) is 5.04 Å². The van der Waals surface area contributed by atoms with Crippen molar-refractivity contribution >= 4 is 33.7 Å². The number of nitrogens with zero attached hydrogens (tertiary/aromatic N) is 1.